The van der Waals surface area contributed by atoms with Gasteiger partial charge < -0.3 is 15.4 Å². The summed E-state index contributed by atoms with van der Waals surface area (Å²) in [5.74, 6) is -0.891. The molecular formula is C31H36N2O3. The van der Waals surface area contributed by atoms with E-state index in [9.17, 15) is 9.59 Å². The van der Waals surface area contributed by atoms with Crippen LogP contribution in [0.2, 0.25) is 0 Å². The summed E-state index contributed by atoms with van der Waals surface area (Å²) in [5.41, 5.74) is 7.06. The SMILES string of the molecule is CC(=O)OC(C(=O)Nc1ccc(CNC2CC2)cc1)c1cccc(-c2ccc(C(C)(C)C)c(C)c2)c1. The number of carbonyl (C=O) groups excluding carboxylic acids is 2. The molecule has 1 saturated carbocycles. The van der Waals surface area contributed by atoms with Gasteiger partial charge in [0.25, 0.3) is 5.91 Å². The summed E-state index contributed by atoms with van der Waals surface area (Å²) >= 11 is 0. The Kier molecular flexibility index (Phi) is 7.60. The van der Waals surface area contributed by atoms with Gasteiger partial charge in [-0.3, -0.25) is 9.59 Å². The molecular weight excluding hydrogens is 448 g/mol. The highest BCUT2D eigenvalue weighted by Crippen LogP contribution is 2.31. The van der Waals surface area contributed by atoms with E-state index in [1.54, 1.807) is 0 Å². The van der Waals surface area contributed by atoms with Crippen molar-refractivity contribution in [1.29, 1.82) is 0 Å². The largest absolute Gasteiger partial charge is 0.447 e. The molecule has 0 bridgehead atoms. The average molecular weight is 485 g/mol. The topological polar surface area (TPSA) is 67.4 Å². The number of esters is 1. The molecule has 1 atom stereocenters. The molecule has 1 aliphatic rings. The van der Waals surface area contributed by atoms with Gasteiger partial charge in [0.2, 0.25) is 6.10 Å². The molecule has 2 N–H and O–H groups in total. The lowest BCUT2D eigenvalue weighted by atomic mass is 9.83. The second kappa shape index (κ2) is 10.7. The van der Waals surface area contributed by atoms with Crippen LogP contribution in [0, 0.1) is 6.92 Å². The van der Waals surface area contributed by atoms with Gasteiger partial charge in [0.15, 0.2) is 0 Å². The number of hydrogen-bond acceptors (Lipinski definition) is 4. The zero-order valence-electron chi connectivity index (χ0n) is 21.9. The molecule has 188 valence electrons. The first-order chi connectivity index (χ1) is 17.1. The molecule has 0 spiro atoms. The Labute approximate surface area is 214 Å². The Morgan fingerprint density at radius 2 is 1.67 bits per heavy atom. The van der Waals surface area contributed by atoms with Crippen molar-refractivity contribution in [1.82, 2.24) is 5.32 Å². The van der Waals surface area contributed by atoms with E-state index in [4.69, 9.17) is 4.74 Å². The molecule has 0 radical (unpaired) electrons. The highest BCUT2D eigenvalue weighted by atomic mass is 16.5. The molecule has 3 aromatic carbocycles. The maximum atomic E-state index is 13.2. The maximum Gasteiger partial charge on any atom is 0.303 e. The summed E-state index contributed by atoms with van der Waals surface area (Å²) < 4.78 is 5.48. The van der Waals surface area contributed by atoms with Crippen molar-refractivity contribution in [2.75, 3.05) is 5.32 Å². The van der Waals surface area contributed by atoms with Crippen LogP contribution in [0.15, 0.2) is 66.7 Å². The van der Waals surface area contributed by atoms with Crippen LogP contribution in [-0.2, 0) is 26.3 Å². The lowest BCUT2D eigenvalue weighted by Gasteiger charge is -2.22. The fourth-order valence-electron chi connectivity index (χ4n) is 4.47. The smallest absolute Gasteiger partial charge is 0.303 e. The van der Waals surface area contributed by atoms with Crippen molar-refractivity contribution >= 4 is 17.6 Å². The molecule has 0 saturated heterocycles. The zero-order chi connectivity index (χ0) is 25.9. The number of nitrogens with one attached hydrogen (secondary N) is 2. The summed E-state index contributed by atoms with van der Waals surface area (Å²) in [6.45, 7) is 10.9. The molecule has 0 aliphatic heterocycles. The Morgan fingerprint density at radius 3 is 2.28 bits per heavy atom. The predicted molar refractivity (Wildman–Crippen MR) is 145 cm³/mol. The average Bonchev–Trinajstić information content (AvgIpc) is 3.66. The van der Waals surface area contributed by atoms with Crippen LogP contribution in [0.3, 0.4) is 0 Å². The van der Waals surface area contributed by atoms with Crippen molar-refractivity contribution in [2.24, 2.45) is 0 Å². The van der Waals surface area contributed by atoms with Gasteiger partial charge in [-0.1, -0.05) is 69.3 Å². The molecule has 1 aliphatic carbocycles. The summed E-state index contributed by atoms with van der Waals surface area (Å²) in [6.07, 6.45) is 1.44. The predicted octanol–water partition coefficient (Wildman–Crippen LogP) is 6.45. The highest BCUT2D eigenvalue weighted by Gasteiger charge is 2.25. The summed E-state index contributed by atoms with van der Waals surface area (Å²) in [7, 11) is 0. The van der Waals surface area contributed by atoms with Gasteiger partial charge in [0, 0.05) is 30.8 Å². The van der Waals surface area contributed by atoms with Gasteiger partial charge in [-0.15, -0.1) is 0 Å². The maximum absolute atomic E-state index is 13.2. The number of carbonyl (C=O) groups is 2. The minimum atomic E-state index is -1.05. The second-order valence-corrected chi connectivity index (χ2v) is 10.7. The standard InChI is InChI=1S/C31H36N2O3/c1-20-17-24(11-16-28(20)31(3,4)5)23-7-6-8-25(18-23)29(36-21(2)34)30(35)33-27-12-9-22(10-13-27)19-32-26-14-15-26/h6-13,16-18,26,29,32H,14-15,19H2,1-5H3,(H,33,35). The summed E-state index contributed by atoms with van der Waals surface area (Å²) in [6, 6.07) is 22.5. The van der Waals surface area contributed by atoms with Crippen molar-refractivity contribution in [3.05, 3.63) is 89.0 Å². The number of aryl methyl sites for hydroxylation is 1. The lowest BCUT2D eigenvalue weighted by Crippen LogP contribution is -2.25. The van der Waals surface area contributed by atoms with Crippen LogP contribution in [0.25, 0.3) is 11.1 Å². The third-order valence-corrected chi connectivity index (χ3v) is 6.47. The van der Waals surface area contributed by atoms with E-state index in [1.165, 1.54) is 30.9 Å². The van der Waals surface area contributed by atoms with E-state index < -0.39 is 12.1 Å². The molecule has 1 unspecified atom stereocenters. The van der Waals surface area contributed by atoms with Gasteiger partial charge in [0.1, 0.15) is 0 Å². The molecule has 4 rings (SSSR count). The van der Waals surface area contributed by atoms with Crippen molar-refractivity contribution < 1.29 is 14.3 Å². The summed E-state index contributed by atoms with van der Waals surface area (Å²) in [5, 5.41) is 6.39. The number of amides is 1. The quantitative estimate of drug-likeness (QED) is 0.360. The van der Waals surface area contributed by atoms with E-state index in [2.05, 4.69) is 56.5 Å². The zero-order valence-corrected chi connectivity index (χ0v) is 21.9. The van der Waals surface area contributed by atoms with Crippen LogP contribution in [0.4, 0.5) is 5.69 Å². The normalized spacial score (nSPS) is 14.2. The molecule has 36 heavy (non-hydrogen) atoms. The molecule has 1 amide bonds. The van der Waals surface area contributed by atoms with Crippen LogP contribution in [0.1, 0.15) is 68.9 Å². The second-order valence-electron chi connectivity index (χ2n) is 10.7. The molecule has 0 heterocycles. The summed E-state index contributed by atoms with van der Waals surface area (Å²) in [4.78, 5) is 25.1. The first-order valence-electron chi connectivity index (χ1n) is 12.6. The van der Waals surface area contributed by atoms with Crippen LogP contribution >= 0.6 is 0 Å². The molecule has 3 aromatic rings. The number of rotatable bonds is 8. The molecule has 1 fully saturated rings. The van der Waals surface area contributed by atoms with Gasteiger partial charge in [-0.25, -0.2) is 0 Å². The van der Waals surface area contributed by atoms with Gasteiger partial charge in [-0.2, -0.15) is 0 Å². The number of benzene rings is 3. The van der Waals surface area contributed by atoms with Crippen LogP contribution in [0.5, 0.6) is 0 Å². The Hall–Kier alpha value is -3.44. The number of ether oxygens (including phenoxy) is 1. The molecule has 5 nitrogen and oxygen atoms in total. The van der Waals surface area contributed by atoms with Crippen molar-refractivity contribution in [3.63, 3.8) is 0 Å². The Balaban J connectivity index is 1.53. The van der Waals surface area contributed by atoms with Gasteiger partial charge >= 0.3 is 5.97 Å². The van der Waals surface area contributed by atoms with Gasteiger partial charge in [-0.05, 0) is 71.2 Å². The van der Waals surface area contributed by atoms with Crippen LogP contribution < -0.4 is 10.6 Å². The Bertz CT molecular complexity index is 1240. The van der Waals surface area contributed by atoms with E-state index in [0.717, 1.165) is 23.2 Å². The van der Waals surface area contributed by atoms with Crippen molar-refractivity contribution in [2.45, 2.75) is 71.6 Å². The monoisotopic (exact) mass is 484 g/mol. The number of anilines is 1. The van der Waals surface area contributed by atoms with E-state index in [1.807, 2.05) is 48.5 Å². The number of hydrogen-bond donors (Lipinski definition) is 2. The first kappa shape index (κ1) is 25.6. The van der Waals surface area contributed by atoms with E-state index >= 15 is 0 Å². The fourth-order valence-corrected chi connectivity index (χ4v) is 4.47. The first-order valence-corrected chi connectivity index (χ1v) is 12.6. The van der Waals surface area contributed by atoms with E-state index in [0.29, 0.717) is 17.3 Å². The third kappa shape index (κ3) is 6.61. The third-order valence-electron chi connectivity index (χ3n) is 6.47. The minimum absolute atomic E-state index is 0.0644. The van der Waals surface area contributed by atoms with Gasteiger partial charge in [0.05, 0.1) is 0 Å². The molecule has 5 heteroatoms. The van der Waals surface area contributed by atoms with Crippen molar-refractivity contribution in [3.8, 4) is 11.1 Å². The highest BCUT2D eigenvalue weighted by molar-refractivity contribution is 5.96. The lowest BCUT2D eigenvalue weighted by molar-refractivity contribution is -0.152. The minimum Gasteiger partial charge on any atom is -0.447 e. The molecule has 0 aromatic heterocycles. The fraction of sp³-hybridized carbons (Fsp3) is 0.355. The Morgan fingerprint density at radius 1 is 0.972 bits per heavy atom. The van der Waals surface area contributed by atoms with Crippen LogP contribution in [-0.4, -0.2) is 17.9 Å². The van der Waals surface area contributed by atoms with E-state index in [-0.39, 0.29) is 11.3 Å².